The fourth-order valence-corrected chi connectivity index (χ4v) is 5.11. The number of thiocarbonyl (C=S) groups is 1. The summed E-state index contributed by atoms with van der Waals surface area (Å²) in [5, 5.41) is 3.75. The molecule has 1 heterocycles. The summed E-state index contributed by atoms with van der Waals surface area (Å²) in [4.78, 5) is 30.2. The van der Waals surface area contributed by atoms with Crippen molar-refractivity contribution in [2.24, 2.45) is 0 Å². The second-order valence-corrected chi connectivity index (χ2v) is 9.71. The van der Waals surface area contributed by atoms with Crippen LogP contribution in [0.3, 0.4) is 0 Å². The molecule has 0 aliphatic carbocycles. The molecule has 0 spiro atoms. The lowest BCUT2D eigenvalue weighted by molar-refractivity contribution is -0.124. The van der Waals surface area contributed by atoms with E-state index in [0.29, 0.717) is 51.7 Å². The molecule has 4 rings (SSSR count). The van der Waals surface area contributed by atoms with E-state index in [-0.39, 0.29) is 18.2 Å². The van der Waals surface area contributed by atoms with Crippen LogP contribution in [-0.4, -0.2) is 55.7 Å². The van der Waals surface area contributed by atoms with Gasteiger partial charge in [0, 0.05) is 17.3 Å². The number of hydrogen-bond acceptors (Lipinski definition) is 6. The van der Waals surface area contributed by atoms with Crippen molar-refractivity contribution in [2.75, 3.05) is 38.1 Å². The van der Waals surface area contributed by atoms with Crippen LogP contribution in [0.1, 0.15) is 17.5 Å². The molecule has 3 aromatic carbocycles. The number of halogens is 1. The first-order chi connectivity index (χ1) is 18.8. The van der Waals surface area contributed by atoms with Crippen LogP contribution in [-0.2, 0) is 16.0 Å². The molecule has 0 radical (unpaired) electrons. The third kappa shape index (κ3) is 5.94. The Morgan fingerprint density at radius 2 is 1.69 bits per heavy atom. The van der Waals surface area contributed by atoms with E-state index in [9.17, 15) is 9.59 Å². The maximum Gasteiger partial charge on any atom is 0.256 e. The first kappa shape index (κ1) is 28.2. The Balaban J connectivity index is 1.61. The van der Waals surface area contributed by atoms with Gasteiger partial charge in [-0.25, -0.2) is 0 Å². The van der Waals surface area contributed by atoms with E-state index in [1.165, 1.54) is 12.0 Å². The summed E-state index contributed by atoms with van der Waals surface area (Å²) in [6, 6.07) is 17.3. The molecule has 1 aliphatic rings. The quantitative estimate of drug-likeness (QED) is 0.335. The smallest absolute Gasteiger partial charge is 0.256 e. The second kappa shape index (κ2) is 12.4. The third-order valence-electron chi connectivity index (χ3n) is 6.65. The van der Waals surface area contributed by atoms with E-state index in [2.05, 4.69) is 5.32 Å². The summed E-state index contributed by atoms with van der Waals surface area (Å²) in [6.07, 6.45) is 0.460. The van der Waals surface area contributed by atoms with Gasteiger partial charge in [0.1, 0.15) is 11.8 Å². The summed E-state index contributed by atoms with van der Waals surface area (Å²) in [5.74, 6) is 1.13. The lowest BCUT2D eigenvalue weighted by Crippen LogP contribution is -2.39. The van der Waals surface area contributed by atoms with Crippen molar-refractivity contribution in [1.82, 2.24) is 4.90 Å². The molecule has 1 atom stereocenters. The van der Waals surface area contributed by atoms with Gasteiger partial charge in [-0.1, -0.05) is 35.9 Å². The zero-order chi connectivity index (χ0) is 28.1. The van der Waals surface area contributed by atoms with Gasteiger partial charge in [0.25, 0.3) is 5.91 Å². The average Bonchev–Trinajstić information content (AvgIpc) is 3.17. The zero-order valence-electron chi connectivity index (χ0n) is 22.2. The van der Waals surface area contributed by atoms with Gasteiger partial charge >= 0.3 is 0 Å². The van der Waals surface area contributed by atoms with E-state index in [1.807, 2.05) is 37.3 Å². The number of amides is 2. The number of carbonyl (C=O) groups is 2. The SMILES string of the molecule is COc1ccc(CCN2C(=S)N(c3ccccc3OC)C(=O)[C@H]2CC(=O)Nc2cccc(Cl)c2C)cc1OC. The maximum atomic E-state index is 13.8. The highest BCUT2D eigenvalue weighted by atomic mass is 35.5. The summed E-state index contributed by atoms with van der Waals surface area (Å²) >= 11 is 12.0. The van der Waals surface area contributed by atoms with Crippen molar-refractivity contribution in [3.63, 3.8) is 0 Å². The monoisotopic (exact) mass is 567 g/mol. The van der Waals surface area contributed by atoms with Gasteiger partial charge < -0.3 is 24.4 Å². The summed E-state index contributed by atoms with van der Waals surface area (Å²) in [5.41, 5.74) is 2.84. The molecule has 1 aliphatic heterocycles. The fourth-order valence-electron chi connectivity index (χ4n) is 4.53. The first-order valence-electron chi connectivity index (χ1n) is 12.3. The average molecular weight is 568 g/mol. The number of rotatable bonds is 10. The minimum Gasteiger partial charge on any atom is -0.495 e. The van der Waals surface area contributed by atoms with E-state index < -0.39 is 6.04 Å². The lowest BCUT2D eigenvalue weighted by atomic mass is 10.1. The van der Waals surface area contributed by atoms with E-state index in [4.69, 9.17) is 38.0 Å². The normalized spacial score (nSPS) is 14.9. The maximum absolute atomic E-state index is 13.8. The highest BCUT2D eigenvalue weighted by Crippen LogP contribution is 2.35. The minimum atomic E-state index is -0.804. The topological polar surface area (TPSA) is 80.3 Å². The van der Waals surface area contributed by atoms with Crippen LogP contribution in [0.2, 0.25) is 5.02 Å². The van der Waals surface area contributed by atoms with Gasteiger partial charge in [0.2, 0.25) is 5.91 Å². The number of anilines is 2. The Morgan fingerprint density at radius 3 is 2.41 bits per heavy atom. The standard InChI is InChI=1S/C29H30ClN3O5S/c1-18-20(30)8-7-9-21(18)31-27(34)17-23-28(35)33(22-10-5-6-11-24(22)36-2)29(39)32(23)15-14-19-12-13-25(37-3)26(16-19)38-4/h5-13,16,23H,14-15,17H2,1-4H3,(H,31,34)/t23-/m1/s1. The molecule has 10 heteroatoms. The van der Waals surface area contributed by atoms with Gasteiger partial charge in [-0.15, -0.1) is 0 Å². The molecule has 0 unspecified atom stereocenters. The molecule has 204 valence electrons. The lowest BCUT2D eigenvalue weighted by Gasteiger charge is -2.24. The van der Waals surface area contributed by atoms with Gasteiger partial charge in [0.05, 0.1) is 33.4 Å². The molecular formula is C29H30ClN3O5S. The van der Waals surface area contributed by atoms with Crippen LogP contribution in [0.25, 0.3) is 0 Å². The Morgan fingerprint density at radius 1 is 0.974 bits per heavy atom. The van der Waals surface area contributed by atoms with E-state index in [1.54, 1.807) is 49.5 Å². The van der Waals surface area contributed by atoms with Crippen LogP contribution in [0.5, 0.6) is 17.2 Å². The number of nitrogens with zero attached hydrogens (tertiary/aromatic N) is 2. The fraction of sp³-hybridized carbons (Fsp3) is 0.276. The molecule has 1 N–H and O–H groups in total. The van der Waals surface area contributed by atoms with Crippen molar-refractivity contribution in [2.45, 2.75) is 25.8 Å². The highest BCUT2D eigenvalue weighted by molar-refractivity contribution is 7.80. The van der Waals surface area contributed by atoms with Crippen LogP contribution in [0.4, 0.5) is 11.4 Å². The molecule has 0 bridgehead atoms. The molecule has 1 saturated heterocycles. The summed E-state index contributed by atoms with van der Waals surface area (Å²) < 4.78 is 16.3. The molecule has 39 heavy (non-hydrogen) atoms. The minimum absolute atomic E-state index is 0.0947. The zero-order valence-corrected chi connectivity index (χ0v) is 23.8. The van der Waals surface area contributed by atoms with Crippen molar-refractivity contribution in [3.8, 4) is 17.2 Å². The number of ether oxygens (including phenoxy) is 3. The van der Waals surface area contributed by atoms with E-state index in [0.717, 1.165) is 11.1 Å². The number of methoxy groups -OCH3 is 3. The first-order valence-corrected chi connectivity index (χ1v) is 13.1. The van der Waals surface area contributed by atoms with Crippen molar-refractivity contribution in [1.29, 1.82) is 0 Å². The molecule has 3 aromatic rings. The molecule has 8 nitrogen and oxygen atoms in total. The highest BCUT2D eigenvalue weighted by Gasteiger charge is 2.44. The third-order valence-corrected chi connectivity index (χ3v) is 7.48. The molecule has 0 aromatic heterocycles. The van der Waals surface area contributed by atoms with Crippen molar-refractivity contribution < 1.29 is 23.8 Å². The Kier molecular flexibility index (Phi) is 8.93. The number of carbonyl (C=O) groups excluding carboxylic acids is 2. The molecule has 1 fully saturated rings. The van der Waals surface area contributed by atoms with Gasteiger partial charge in [-0.05, 0) is 73.1 Å². The summed E-state index contributed by atoms with van der Waals surface area (Å²) in [7, 11) is 4.70. The van der Waals surface area contributed by atoms with E-state index >= 15 is 0 Å². The predicted octanol–water partition coefficient (Wildman–Crippen LogP) is 5.25. The van der Waals surface area contributed by atoms with Crippen LogP contribution in [0.15, 0.2) is 60.7 Å². The number of para-hydroxylation sites is 2. The Hall–Kier alpha value is -3.82. The Bertz CT molecular complexity index is 1400. The number of nitrogens with one attached hydrogen (secondary N) is 1. The Labute approximate surface area is 238 Å². The summed E-state index contributed by atoms with van der Waals surface area (Å²) in [6.45, 7) is 2.23. The van der Waals surface area contributed by atoms with Crippen LogP contribution >= 0.6 is 23.8 Å². The van der Waals surface area contributed by atoms with Crippen LogP contribution in [0, 0.1) is 6.92 Å². The van der Waals surface area contributed by atoms with Crippen LogP contribution < -0.4 is 24.4 Å². The molecule has 2 amide bonds. The molecular weight excluding hydrogens is 538 g/mol. The van der Waals surface area contributed by atoms with Gasteiger partial charge in [0.15, 0.2) is 16.6 Å². The predicted molar refractivity (Wildman–Crippen MR) is 156 cm³/mol. The van der Waals surface area contributed by atoms with Gasteiger partial charge in [-0.2, -0.15) is 0 Å². The largest absolute Gasteiger partial charge is 0.495 e. The second-order valence-electron chi connectivity index (χ2n) is 8.94. The number of hydrogen-bond donors (Lipinski definition) is 1. The van der Waals surface area contributed by atoms with Crippen molar-refractivity contribution in [3.05, 3.63) is 76.8 Å². The number of benzene rings is 3. The molecule has 0 saturated carbocycles. The van der Waals surface area contributed by atoms with Crippen molar-refractivity contribution >= 4 is 52.1 Å². The van der Waals surface area contributed by atoms with Gasteiger partial charge in [-0.3, -0.25) is 14.5 Å².